The third-order valence-corrected chi connectivity index (χ3v) is 3.71. The molecule has 0 aliphatic carbocycles. The summed E-state index contributed by atoms with van der Waals surface area (Å²) in [6.07, 6.45) is 0. The maximum Gasteiger partial charge on any atom is 0.170 e. The van der Waals surface area contributed by atoms with Crippen LogP contribution in [0.3, 0.4) is 0 Å². The molecule has 0 spiro atoms. The van der Waals surface area contributed by atoms with E-state index in [0.717, 1.165) is 5.56 Å². The Morgan fingerprint density at radius 2 is 2.11 bits per heavy atom. The van der Waals surface area contributed by atoms with E-state index in [1.807, 2.05) is 6.07 Å². The van der Waals surface area contributed by atoms with Crippen molar-refractivity contribution >= 4 is 17.4 Å². The van der Waals surface area contributed by atoms with Crippen molar-refractivity contribution in [2.75, 3.05) is 0 Å². The van der Waals surface area contributed by atoms with E-state index in [1.165, 1.54) is 0 Å². The SMILES string of the molecule is CC(NCc1ccc(/C(N)=N/O)cc1Cl)C(C)(C)C. The van der Waals surface area contributed by atoms with Crippen LogP contribution >= 0.6 is 11.6 Å². The number of hydrogen-bond donors (Lipinski definition) is 3. The summed E-state index contributed by atoms with van der Waals surface area (Å²) >= 11 is 6.20. The minimum absolute atomic E-state index is 0.0597. The number of benzene rings is 1. The predicted molar refractivity (Wildman–Crippen MR) is 79.7 cm³/mol. The lowest BCUT2D eigenvalue weighted by atomic mass is 9.88. The molecule has 0 aliphatic heterocycles. The van der Waals surface area contributed by atoms with Gasteiger partial charge in [0.05, 0.1) is 0 Å². The van der Waals surface area contributed by atoms with Crippen LogP contribution in [-0.4, -0.2) is 17.1 Å². The summed E-state index contributed by atoms with van der Waals surface area (Å²) in [5, 5.41) is 15.6. The first-order chi connectivity index (χ1) is 8.75. The number of halogens is 1. The Hall–Kier alpha value is -1.26. The lowest BCUT2D eigenvalue weighted by Gasteiger charge is -2.28. The monoisotopic (exact) mass is 283 g/mol. The van der Waals surface area contributed by atoms with E-state index < -0.39 is 0 Å². The number of nitrogens with two attached hydrogens (primary N) is 1. The van der Waals surface area contributed by atoms with Crippen molar-refractivity contribution in [1.29, 1.82) is 0 Å². The van der Waals surface area contributed by atoms with Crippen LogP contribution in [0.5, 0.6) is 0 Å². The topological polar surface area (TPSA) is 70.6 Å². The highest BCUT2D eigenvalue weighted by molar-refractivity contribution is 6.31. The van der Waals surface area contributed by atoms with E-state index in [4.69, 9.17) is 22.5 Å². The van der Waals surface area contributed by atoms with E-state index in [-0.39, 0.29) is 11.3 Å². The fourth-order valence-corrected chi connectivity index (χ4v) is 1.72. The second-order valence-corrected chi connectivity index (χ2v) is 6.17. The zero-order valence-electron chi connectivity index (χ0n) is 11.9. The Labute approximate surface area is 119 Å². The van der Waals surface area contributed by atoms with Gasteiger partial charge < -0.3 is 16.3 Å². The fourth-order valence-electron chi connectivity index (χ4n) is 1.48. The molecule has 0 bridgehead atoms. The Balaban J connectivity index is 2.76. The summed E-state index contributed by atoms with van der Waals surface area (Å²) in [4.78, 5) is 0. The highest BCUT2D eigenvalue weighted by Crippen LogP contribution is 2.21. The maximum atomic E-state index is 8.62. The highest BCUT2D eigenvalue weighted by atomic mass is 35.5. The first-order valence-corrected chi connectivity index (χ1v) is 6.63. The van der Waals surface area contributed by atoms with E-state index in [1.54, 1.807) is 12.1 Å². The normalized spacial score (nSPS) is 14.5. The molecule has 0 aliphatic rings. The summed E-state index contributed by atoms with van der Waals surface area (Å²) in [6, 6.07) is 5.75. The van der Waals surface area contributed by atoms with E-state index >= 15 is 0 Å². The minimum atomic E-state index is 0.0597. The number of hydrogen-bond acceptors (Lipinski definition) is 3. The van der Waals surface area contributed by atoms with Crippen molar-refractivity contribution < 1.29 is 5.21 Å². The average Bonchev–Trinajstić information content (AvgIpc) is 2.34. The van der Waals surface area contributed by atoms with Crippen LogP contribution in [0.4, 0.5) is 0 Å². The summed E-state index contributed by atoms with van der Waals surface area (Å²) < 4.78 is 0. The predicted octanol–water partition coefficient (Wildman–Crippen LogP) is 2.96. The molecule has 0 saturated carbocycles. The van der Waals surface area contributed by atoms with Crippen LogP contribution in [0.1, 0.15) is 38.8 Å². The van der Waals surface area contributed by atoms with Crippen LogP contribution in [0.15, 0.2) is 23.4 Å². The molecule has 0 radical (unpaired) electrons. The maximum absolute atomic E-state index is 8.62. The lowest BCUT2D eigenvalue weighted by molar-refractivity contribution is 0.285. The molecule has 1 rings (SSSR count). The summed E-state index contributed by atoms with van der Waals surface area (Å²) in [7, 11) is 0. The second-order valence-electron chi connectivity index (χ2n) is 5.76. The fraction of sp³-hybridized carbons (Fsp3) is 0.500. The van der Waals surface area contributed by atoms with Crippen LogP contribution < -0.4 is 11.1 Å². The summed E-state index contributed by atoms with van der Waals surface area (Å²) in [5.74, 6) is 0.0597. The zero-order valence-corrected chi connectivity index (χ0v) is 12.6. The van der Waals surface area contributed by atoms with Gasteiger partial charge in [0.25, 0.3) is 0 Å². The molecule has 5 heteroatoms. The van der Waals surface area contributed by atoms with Gasteiger partial charge in [-0.15, -0.1) is 0 Å². The van der Waals surface area contributed by atoms with Crippen molar-refractivity contribution in [3.8, 4) is 0 Å². The quantitative estimate of drug-likeness (QED) is 0.344. The van der Waals surface area contributed by atoms with Crippen LogP contribution in [0, 0.1) is 5.41 Å². The molecule has 1 aromatic carbocycles. The molecule has 1 unspecified atom stereocenters. The number of nitrogens with zero attached hydrogens (tertiary/aromatic N) is 1. The Bertz CT molecular complexity index is 466. The molecular weight excluding hydrogens is 262 g/mol. The number of amidine groups is 1. The first kappa shape index (κ1) is 15.8. The molecule has 1 aromatic rings. The smallest absolute Gasteiger partial charge is 0.170 e. The van der Waals surface area contributed by atoms with Crippen molar-refractivity contribution in [2.45, 2.75) is 40.3 Å². The zero-order chi connectivity index (χ0) is 14.6. The van der Waals surface area contributed by atoms with E-state index in [2.05, 4.69) is 38.2 Å². The third-order valence-electron chi connectivity index (χ3n) is 3.35. The van der Waals surface area contributed by atoms with Gasteiger partial charge in [-0.25, -0.2) is 0 Å². The van der Waals surface area contributed by atoms with Gasteiger partial charge in [0.2, 0.25) is 0 Å². The Kier molecular flexibility index (Phi) is 5.20. The highest BCUT2D eigenvalue weighted by Gasteiger charge is 2.19. The molecule has 0 amide bonds. The van der Waals surface area contributed by atoms with Crippen LogP contribution in [0.2, 0.25) is 5.02 Å². The van der Waals surface area contributed by atoms with Crippen molar-refractivity contribution in [3.05, 3.63) is 34.3 Å². The molecule has 0 aromatic heterocycles. The Morgan fingerprint density at radius 3 is 2.58 bits per heavy atom. The van der Waals surface area contributed by atoms with E-state index in [9.17, 15) is 0 Å². The molecule has 19 heavy (non-hydrogen) atoms. The first-order valence-electron chi connectivity index (χ1n) is 6.25. The lowest BCUT2D eigenvalue weighted by Crippen LogP contribution is -2.37. The molecule has 0 heterocycles. The van der Waals surface area contributed by atoms with Gasteiger partial charge in [0.1, 0.15) is 0 Å². The summed E-state index contributed by atoms with van der Waals surface area (Å²) in [5.41, 5.74) is 7.32. The van der Waals surface area contributed by atoms with Gasteiger partial charge >= 0.3 is 0 Å². The van der Waals surface area contributed by atoms with Gasteiger partial charge in [-0.05, 0) is 24.0 Å². The minimum Gasteiger partial charge on any atom is -0.409 e. The molecule has 1 atom stereocenters. The van der Waals surface area contributed by atoms with Gasteiger partial charge in [0.15, 0.2) is 5.84 Å². The number of oxime groups is 1. The molecule has 4 nitrogen and oxygen atoms in total. The number of rotatable bonds is 4. The van der Waals surface area contributed by atoms with Gasteiger partial charge in [0, 0.05) is 23.2 Å². The third kappa shape index (κ3) is 4.40. The molecule has 0 fully saturated rings. The van der Waals surface area contributed by atoms with E-state index in [0.29, 0.717) is 23.2 Å². The van der Waals surface area contributed by atoms with Gasteiger partial charge in [-0.1, -0.05) is 49.7 Å². The standard InChI is InChI=1S/C14H22ClN3O/c1-9(14(2,3)4)17-8-11-6-5-10(7-12(11)15)13(16)18-19/h5-7,9,17,19H,8H2,1-4H3,(H2,16,18). The van der Waals surface area contributed by atoms with Crippen LogP contribution in [-0.2, 0) is 6.54 Å². The van der Waals surface area contributed by atoms with Gasteiger partial charge in [-0.3, -0.25) is 0 Å². The molecule has 106 valence electrons. The average molecular weight is 284 g/mol. The Morgan fingerprint density at radius 1 is 1.47 bits per heavy atom. The second kappa shape index (κ2) is 6.26. The van der Waals surface area contributed by atoms with Crippen LogP contribution in [0.25, 0.3) is 0 Å². The largest absolute Gasteiger partial charge is 0.409 e. The van der Waals surface area contributed by atoms with Crippen molar-refractivity contribution in [1.82, 2.24) is 5.32 Å². The molecule has 0 saturated heterocycles. The van der Waals surface area contributed by atoms with Gasteiger partial charge in [-0.2, -0.15) is 0 Å². The van der Waals surface area contributed by atoms with Crippen molar-refractivity contribution in [2.24, 2.45) is 16.3 Å². The molecule has 4 N–H and O–H groups in total. The molecular formula is C14H22ClN3O. The van der Waals surface area contributed by atoms with Crippen molar-refractivity contribution in [3.63, 3.8) is 0 Å². The number of nitrogens with one attached hydrogen (secondary N) is 1. The summed E-state index contributed by atoms with van der Waals surface area (Å²) in [6.45, 7) is 9.40.